The molecule has 0 N–H and O–H groups in total. The van der Waals surface area contributed by atoms with Gasteiger partial charge in [-0.3, -0.25) is 4.79 Å². The molecule has 2 aromatic rings. The van der Waals surface area contributed by atoms with E-state index >= 15 is 0 Å². The van der Waals surface area contributed by atoms with Crippen LogP contribution in [0.4, 0.5) is 0 Å². The lowest BCUT2D eigenvalue weighted by molar-refractivity contribution is -0.163. The number of halogens is 2. The van der Waals surface area contributed by atoms with Gasteiger partial charge >= 0.3 is 0 Å². The molecule has 0 radical (unpaired) electrons. The number of piperidine rings is 1. The highest BCUT2D eigenvalue weighted by molar-refractivity contribution is 7.91. The van der Waals surface area contributed by atoms with Gasteiger partial charge in [0.25, 0.3) is 0 Å². The van der Waals surface area contributed by atoms with E-state index in [-0.39, 0.29) is 41.5 Å². The molecular formula is C31H41Cl2NO5S. The molecule has 6 nitrogen and oxygen atoms in total. The Kier molecular flexibility index (Phi) is 9.63. The Morgan fingerprint density at radius 1 is 1.02 bits per heavy atom. The topological polar surface area (TPSA) is 72.9 Å². The van der Waals surface area contributed by atoms with Gasteiger partial charge in [-0.2, -0.15) is 0 Å². The van der Waals surface area contributed by atoms with E-state index in [9.17, 15) is 13.2 Å². The van der Waals surface area contributed by atoms with Gasteiger partial charge in [0.1, 0.15) is 9.84 Å². The first-order chi connectivity index (χ1) is 18.8. The smallest absolute Gasteiger partial charge is 0.229 e. The van der Waals surface area contributed by atoms with E-state index in [1.165, 1.54) is 0 Å². The van der Waals surface area contributed by atoms with Crippen LogP contribution in [-0.2, 0) is 24.1 Å². The van der Waals surface area contributed by atoms with Crippen LogP contribution in [0.3, 0.4) is 0 Å². The molecule has 0 spiro atoms. The maximum absolute atomic E-state index is 14.7. The second-order valence-corrected chi connectivity index (χ2v) is 15.2. The highest BCUT2D eigenvalue weighted by Crippen LogP contribution is 2.53. The van der Waals surface area contributed by atoms with Crippen molar-refractivity contribution < 1.29 is 22.7 Å². The first-order valence-electron chi connectivity index (χ1n) is 14.1. The fourth-order valence-corrected chi connectivity index (χ4v) is 7.58. The number of hydrogen-bond acceptors (Lipinski definition) is 5. The van der Waals surface area contributed by atoms with Gasteiger partial charge in [-0.15, -0.1) is 0 Å². The zero-order valence-corrected chi connectivity index (χ0v) is 26.4. The largest absolute Gasteiger partial charge is 0.348 e. The number of ether oxygens (including phenoxy) is 2. The summed E-state index contributed by atoms with van der Waals surface area (Å²) >= 11 is 12.8. The average Bonchev–Trinajstić information content (AvgIpc) is 3.24. The molecule has 0 aromatic heterocycles. The third-order valence-electron chi connectivity index (χ3n) is 8.40. The summed E-state index contributed by atoms with van der Waals surface area (Å²) in [6.07, 6.45) is 1.86. The molecule has 4 rings (SSSR count). The van der Waals surface area contributed by atoms with Gasteiger partial charge in [-0.05, 0) is 74.9 Å². The van der Waals surface area contributed by atoms with Crippen molar-refractivity contribution in [2.75, 3.05) is 18.1 Å². The zero-order chi connectivity index (χ0) is 29.3. The van der Waals surface area contributed by atoms with Crippen molar-refractivity contribution in [2.24, 2.45) is 5.41 Å². The van der Waals surface area contributed by atoms with Crippen LogP contribution in [0.2, 0.25) is 10.0 Å². The first-order valence-corrected chi connectivity index (χ1v) is 16.7. The van der Waals surface area contributed by atoms with Gasteiger partial charge in [0.2, 0.25) is 5.91 Å². The molecule has 0 bridgehead atoms. The number of carbonyl (C=O) groups is 1. The fourth-order valence-electron chi connectivity index (χ4n) is 6.34. The quantitative estimate of drug-likeness (QED) is 0.285. The second kappa shape index (κ2) is 12.3. The minimum atomic E-state index is -3.21. The van der Waals surface area contributed by atoms with Gasteiger partial charge in [0.05, 0.1) is 24.5 Å². The van der Waals surface area contributed by atoms with E-state index in [0.717, 1.165) is 11.1 Å². The second-order valence-electron chi connectivity index (χ2n) is 11.9. The SMILES string of the molecule is CCC(CCS(=O)(=O)CC)N1C(=O)[C@@](C)(CC2COC(C)(C)O2)CC(c2cccc(Cl)c2)[C@H]1c1ccc(Cl)cc1. The van der Waals surface area contributed by atoms with Gasteiger partial charge < -0.3 is 14.4 Å². The highest BCUT2D eigenvalue weighted by atomic mass is 35.5. The Morgan fingerprint density at radius 3 is 2.30 bits per heavy atom. The van der Waals surface area contributed by atoms with E-state index in [0.29, 0.717) is 42.3 Å². The third kappa shape index (κ3) is 7.04. The fraction of sp³-hybridized carbons (Fsp3) is 0.581. The van der Waals surface area contributed by atoms with Crippen LogP contribution in [0.15, 0.2) is 48.5 Å². The molecule has 2 aliphatic rings. The van der Waals surface area contributed by atoms with Crippen LogP contribution in [0.1, 0.15) is 83.4 Å². The van der Waals surface area contributed by atoms with E-state index < -0.39 is 21.0 Å². The Labute approximate surface area is 249 Å². The molecule has 0 saturated carbocycles. The Bertz CT molecular complexity index is 1300. The molecule has 3 unspecified atom stereocenters. The van der Waals surface area contributed by atoms with Crippen molar-refractivity contribution in [3.63, 3.8) is 0 Å². The van der Waals surface area contributed by atoms with E-state index in [4.69, 9.17) is 32.7 Å². The van der Waals surface area contributed by atoms with Crippen LogP contribution >= 0.6 is 23.2 Å². The minimum absolute atomic E-state index is 0.0137. The van der Waals surface area contributed by atoms with Gasteiger partial charge in [0.15, 0.2) is 5.79 Å². The van der Waals surface area contributed by atoms with Crippen molar-refractivity contribution in [3.8, 4) is 0 Å². The molecular weight excluding hydrogens is 569 g/mol. The summed E-state index contributed by atoms with van der Waals surface area (Å²) in [5, 5.41) is 1.25. The summed E-state index contributed by atoms with van der Waals surface area (Å²) in [6.45, 7) is 9.89. The van der Waals surface area contributed by atoms with Crippen molar-refractivity contribution in [1.82, 2.24) is 4.90 Å². The Morgan fingerprint density at radius 2 is 1.73 bits per heavy atom. The van der Waals surface area contributed by atoms with E-state index in [1.807, 2.05) is 75.1 Å². The standard InChI is InChI=1S/C31H41Cl2NO5S/c1-6-25(15-16-40(36,37)7-2)34-28(21-11-13-23(32)14-12-21)27(22-9-8-10-24(33)17-22)19-31(5,29(34)35)18-26-20-38-30(3,4)39-26/h8-14,17,25-28H,6-7,15-16,18-20H2,1-5H3/t25?,26?,27?,28-,31+/m1/s1. The van der Waals surface area contributed by atoms with Gasteiger partial charge in [0, 0.05) is 33.2 Å². The number of nitrogens with zero attached hydrogens (tertiary/aromatic N) is 1. The summed E-state index contributed by atoms with van der Waals surface area (Å²) in [7, 11) is -3.21. The van der Waals surface area contributed by atoms with Gasteiger partial charge in [-0.25, -0.2) is 8.42 Å². The van der Waals surface area contributed by atoms with Crippen LogP contribution in [0.5, 0.6) is 0 Å². The zero-order valence-electron chi connectivity index (χ0n) is 24.0. The summed E-state index contributed by atoms with van der Waals surface area (Å²) in [4.78, 5) is 16.7. The molecule has 9 heteroatoms. The average molecular weight is 611 g/mol. The number of amides is 1. The third-order valence-corrected chi connectivity index (χ3v) is 10.6. The molecule has 0 aliphatic carbocycles. The van der Waals surface area contributed by atoms with Crippen molar-refractivity contribution in [3.05, 3.63) is 69.7 Å². The molecule has 2 saturated heterocycles. The molecule has 40 heavy (non-hydrogen) atoms. The Balaban J connectivity index is 1.83. The normalized spacial score (nSPS) is 27.6. The number of likely N-dealkylation sites (tertiary alicyclic amines) is 1. The maximum Gasteiger partial charge on any atom is 0.229 e. The van der Waals surface area contributed by atoms with Crippen LogP contribution < -0.4 is 0 Å². The number of carbonyl (C=O) groups excluding carboxylic acids is 1. The first kappa shape index (κ1) is 31.3. The van der Waals surface area contributed by atoms with E-state index in [2.05, 4.69) is 6.07 Å². The molecule has 5 atom stereocenters. The van der Waals surface area contributed by atoms with Crippen LogP contribution in [0, 0.1) is 5.41 Å². The highest BCUT2D eigenvalue weighted by Gasteiger charge is 2.53. The summed E-state index contributed by atoms with van der Waals surface area (Å²) in [5.74, 6) is -0.660. The molecule has 1 amide bonds. The number of sulfone groups is 1. The Hall–Kier alpha value is -1.64. The molecule has 2 aliphatic heterocycles. The number of benzene rings is 2. The summed E-state index contributed by atoms with van der Waals surface area (Å²) in [5.41, 5.74) is 1.24. The van der Waals surface area contributed by atoms with Crippen LogP contribution in [0.25, 0.3) is 0 Å². The minimum Gasteiger partial charge on any atom is -0.348 e. The lowest BCUT2D eigenvalue weighted by atomic mass is 9.66. The predicted molar refractivity (Wildman–Crippen MR) is 161 cm³/mol. The maximum atomic E-state index is 14.7. The lowest BCUT2D eigenvalue weighted by Crippen LogP contribution is -2.56. The monoisotopic (exact) mass is 609 g/mol. The van der Waals surface area contributed by atoms with Crippen molar-refractivity contribution >= 4 is 38.9 Å². The number of rotatable bonds is 10. The molecule has 2 aromatic carbocycles. The molecule has 220 valence electrons. The predicted octanol–water partition coefficient (Wildman–Crippen LogP) is 7.20. The lowest BCUT2D eigenvalue weighted by Gasteiger charge is -2.52. The van der Waals surface area contributed by atoms with Crippen molar-refractivity contribution in [2.45, 2.75) is 90.2 Å². The van der Waals surface area contributed by atoms with Crippen LogP contribution in [-0.4, -0.2) is 55.3 Å². The molecule has 2 heterocycles. The molecule has 2 fully saturated rings. The number of hydrogen-bond donors (Lipinski definition) is 0. The van der Waals surface area contributed by atoms with Gasteiger partial charge in [-0.1, -0.05) is 68.2 Å². The van der Waals surface area contributed by atoms with Crippen molar-refractivity contribution in [1.29, 1.82) is 0 Å². The van der Waals surface area contributed by atoms with E-state index in [1.54, 1.807) is 6.92 Å². The summed E-state index contributed by atoms with van der Waals surface area (Å²) < 4.78 is 37.1. The summed E-state index contributed by atoms with van der Waals surface area (Å²) in [6, 6.07) is 14.9.